The molecule has 162 valence electrons. The van der Waals surface area contributed by atoms with Crippen molar-refractivity contribution in [3.05, 3.63) is 100 Å². The number of nitrogens with zero attached hydrogens (tertiary/aromatic N) is 2. The number of carbonyl (C=O) groups is 1. The van der Waals surface area contributed by atoms with Gasteiger partial charge in [-0.15, -0.1) is 0 Å². The molecule has 0 fully saturated rings. The summed E-state index contributed by atoms with van der Waals surface area (Å²) >= 11 is 6.26. The molecule has 33 heavy (non-hydrogen) atoms. The van der Waals surface area contributed by atoms with Crippen molar-refractivity contribution < 1.29 is 9.53 Å². The molecule has 0 saturated carbocycles. The van der Waals surface area contributed by atoms with Gasteiger partial charge in [0.05, 0.1) is 16.8 Å². The third kappa shape index (κ3) is 3.83. The molecule has 0 saturated heterocycles. The molecule has 2 heterocycles. The fourth-order valence-corrected chi connectivity index (χ4v) is 4.49. The molecular weight excluding hydrogens is 432 g/mol. The number of hydrogen-bond acceptors (Lipinski definition) is 4. The summed E-state index contributed by atoms with van der Waals surface area (Å²) in [6, 6.07) is 20.9. The SMILES string of the molecule is Cc1cc(C)c2nc(-c3cccc(Cl)c3)c(C)c(C(=O)Oc3cccc4cccnc34)c2c1. The molecule has 0 aliphatic rings. The molecule has 0 N–H and O–H groups in total. The van der Waals surface area contributed by atoms with Gasteiger partial charge in [0.1, 0.15) is 5.52 Å². The fourth-order valence-electron chi connectivity index (χ4n) is 4.30. The number of carbonyl (C=O) groups excluding carboxylic acids is 1. The first-order valence-corrected chi connectivity index (χ1v) is 11.0. The van der Waals surface area contributed by atoms with Gasteiger partial charge in [-0.3, -0.25) is 4.98 Å². The van der Waals surface area contributed by atoms with Gasteiger partial charge < -0.3 is 4.74 Å². The van der Waals surface area contributed by atoms with Gasteiger partial charge in [-0.2, -0.15) is 0 Å². The zero-order valence-corrected chi connectivity index (χ0v) is 19.3. The highest BCUT2D eigenvalue weighted by Gasteiger charge is 2.22. The van der Waals surface area contributed by atoms with E-state index < -0.39 is 5.97 Å². The number of pyridine rings is 2. The van der Waals surface area contributed by atoms with E-state index in [0.717, 1.165) is 38.5 Å². The molecule has 2 aromatic heterocycles. The maximum Gasteiger partial charge on any atom is 0.344 e. The Morgan fingerprint density at radius 3 is 2.52 bits per heavy atom. The second kappa shape index (κ2) is 8.30. The van der Waals surface area contributed by atoms with E-state index in [0.29, 0.717) is 27.5 Å². The molecule has 0 aliphatic heterocycles. The van der Waals surface area contributed by atoms with Crippen LogP contribution in [0.1, 0.15) is 27.0 Å². The molecule has 0 spiro atoms. The van der Waals surface area contributed by atoms with Crippen LogP contribution in [0.4, 0.5) is 0 Å². The van der Waals surface area contributed by atoms with Crippen LogP contribution in [0.5, 0.6) is 5.75 Å². The largest absolute Gasteiger partial charge is 0.421 e. The van der Waals surface area contributed by atoms with E-state index in [-0.39, 0.29) is 0 Å². The third-order valence-corrected chi connectivity index (χ3v) is 6.00. The average Bonchev–Trinajstić information content (AvgIpc) is 2.79. The smallest absolute Gasteiger partial charge is 0.344 e. The Hall–Kier alpha value is -3.76. The molecule has 5 rings (SSSR count). The van der Waals surface area contributed by atoms with Crippen molar-refractivity contribution in [2.45, 2.75) is 20.8 Å². The Bertz CT molecular complexity index is 1550. The van der Waals surface area contributed by atoms with Crippen LogP contribution >= 0.6 is 11.6 Å². The lowest BCUT2D eigenvalue weighted by Gasteiger charge is -2.16. The minimum Gasteiger partial charge on any atom is -0.421 e. The maximum atomic E-state index is 13.7. The summed E-state index contributed by atoms with van der Waals surface area (Å²) in [6.45, 7) is 5.91. The molecule has 0 amide bonds. The minimum atomic E-state index is -0.439. The monoisotopic (exact) mass is 452 g/mol. The molecule has 0 radical (unpaired) electrons. The number of fused-ring (bicyclic) bond motifs is 2. The van der Waals surface area contributed by atoms with E-state index in [2.05, 4.69) is 11.1 Å². The minimum absolute atomic E-state index is 0.427. The van der Waals surface area contributed by atoms with E-state index in [4.69, 9.17) is 21.3 Å². The van der Waals surface area contributed by atoms with Crippen molar-refractivity contribution >= 4 is 39.4 Å². The highest BCUT2D eigenvalue weighted by Crippen LogP contribution is 2.34. The van der Waals surface area contributed by atoms with Crippen molar-refractivity contribution in [3.8, 4) is 17.0 Å². The van der Waals surface area contributed by atoms with Gasteiger partial charge in [-0.25, -0.2) is 9.78 Å². The molecule has 0 unspecified atom stereocenters. The average molecular weight is 453 g/mol. The second-order valence-corrected chi connectivity index (χ2v) is 8.61. The number of esters is 1. The summed E-state index contributed by atoms with van der Waals surface area (Å²) in [5.74, 6) is -0.0116. The number of ether oxygens (including phenoxy) is 1. The molecule has 0 atom stereocenters. The molecule has 3 aromatic carbocycles. The summed E-state index contributed by atoms with van der Waals surface area (Å²) in [4.78, 5) is 23.0. The molecule has 5 heteroatoms. The Kier molecular flexibility index (Phi) is 5.31. The van der Waals surface area contributed by atoms with Gasteiger partial charge >= 0.3 is 5.97 Å². The number of halogens is 1. The number of aryl methyl sites for hydroxylation is 2. The van der Waals surface area contributed by atoms with Crippen LogP contribution in [0.25, 0.3) is 33.1 Å². The van der Waals surface area contributed by atoms with Crippen molar-refractivity contribution in [2.75, 3.05) is 0 Å². The highest BCUT2D eigenvalue weighted by atomic mass is 35.5. The standard InChI is InChI=1S/C28H21ClN2O2/c1-16-13-17(2)25-22(14-16)24(18(3)26(31-25)20-8-4-10-21(29)15-20)28(32)33-23-11-5-7-19-9-6-12-30-27(19)23/h4-15H,1-3H3. The van der Waals surface area contributed by atoms with E-state index in [9.17, 15) is 4.79 Å². The highest BCUT2D eigenvalue weighted by molar-refractivity contribution is 6.30. The lowest BCUT2D eigenvalue weighted by atomic mass is 9.95. The first-order chi connectivity index (χ1) is 15.9. The van der Waals surface area contributed by atoms with Crippen LogP contribution < -0.4 is 4.74 Å². The van der Waals surface area contributed by atoms with Crippen LogP contribution in [0.2, 0.25) is 5.02 Å². The van der Waals surface area contributed by atoms with Crippen LogP contribution in [0.15, 0.2) is 72.9 Å². The zero-order valence-electron chi connectivity index (χ0n) is 18.5. The summed E-state index contributed by atoms with van der Waals surface area (Å²) in [5, 5.41) is 2.29. The van der Waals surface area contributed by atoms with E-state index >= 15 is 0 Å². The quantitative estimate of drug-likeness (QED) is 0.214. The number of para-hydroxylation sites is 1. The number of benzene rings is 3. The van der Waals surface area contributed by atoms with Gasteiger partial charge in [0.25, 0.3) is 0 Å². The van der Waals surface area contributed by atoms with Crippen molar-refractivity contribution in [1.29, 1.82) is 0 Å². The van der Waals surface area contributed by atoms with E-state index in [1.54, 1.807) is 12.3 Å². The number of aromatic nitrogens is 2. The van der Waals surface area contributed by atoms with Crippen LogP contribution in [0.3, 0.4) is 0 Å². The van der Waals surface area contributed by atoms with Crippen LogP contribution in [-0.2, 0) is 0 Å². The summed E-state index contributed by atoms with van der Waals surface area (Å²) in [7, 11) is 0. The van der Waals surface area contributed by atoms with Gasteiger partial charge in [-0.05, 0) is 62.2 Å². The predicted molar refractivity (Wildman–Crippen MR) is 133 cm³/mol. The van der Waals surface area contributed by atoms with E-state index in [1.807, 2.05) is 75.4 Å². The Morgan fingerprint density at radius 1 is 0.909 bits per heavy atom. The first kappa shape index (κ1) is 21.1. The summed E-state index contributed by atoms with van der Waals surface area (Å²) in [5.41, 5.74) is 6.26. The number of rotatable bonds is 3. The molecule has 5 aromatic rings. The summed E-state index contributed by atoms with van der Waals surface area (Å²) in [6.07, 6.45) is 1.69. The summed E-state index contributed by atoms with van der Waals surface area (Å²) < 4.78 is 5.94. The Balaban J connectivity index is 1.73. The van der Waals surface area contributed by atoms with Gasteiger partial charge in [0.2, 0.25) is 0 Å². The molecule has 4 nitrogen and oxygen atoms in total. The van der Waals surface area contributed by atoms with Crippen LogP contribution in [-0.4, -0.2) is 15.9 Å². The van der Waals surface area contributed by atoms with Gasteiger partial charge in [-0.1, -0.05) is 53.6 Å². The normalized spacial score (nSPS) is 11.2. The molecular formula is C28H21ClN2O2. The topological polar surface area (TPSA) is 52.1 Å². The maximum absolute atomic E-state index is 13.7. The van der Waals surface area contributed by atoms with Crippen molar-refractivity contribution in [1.82, 2.24) is 9.97 Å². The van der Waals surface area contributed by atoms with Crippen molar-refractivity contribution in [3.63, 3.8) is 0 Å². The second-order valence-electron chi connectivity index (χ2n) is 8.17. The van der Waals surface area contributed by atoms with Gasteiger partial charge in [0.15, 0.2) is 5.75 Å². The van der Waals surface area contributed by atoms with Gasteiger partial charge in [0, 0.05) is 27.6 Å². The van der Waals surface area contributed by atoms with E-state index in [1.165, 1.54) is 0 Å². The third-order valence-electron chi connectivity index (χ3n) is 5.77. The molecule has 0 bridgehead atoms. The first-order valence-electron chi connectivity index (χ1n) is 10.7. The predicted octanol–water partition coefficient (Wildman–Crippen LogP) is 7.25. The van der Waals surface area contributed by atoms with Crippen molar-refractivity contribution in [2.24, 2.45) is 0 Å². The molecule has 0 aliphatic carbocycles. The number of hydrogen-bond donors (Lipinski definition) is 0. The lowest BCUT2D eigenvalue weighted by molar-refractivity contribution is 0.0738. The Morgan fingerprint density at radius 2 is 1.70 bits per heavy atom. The fraction of sp³-hybridized carbons (Fsp3) is 0.107. The lowest BCUT2D eigenvalue weighted by Crippen LogP contribution is -2.13. The Labute approximate surface area is 196 Å². The van der Waals surface area contributed by atoms with Crippen LogP contribution in [0, 0.1) is 20.8 Å². The zero-order chi connectivity index (χ0) is 23.1.